The van der Waals surface area contributed by atoms with Crippen LogP contribution in [0.25, 0.3) is 21.8 Å². The fourth-order valence-electron chi connectivity index (χ4n) is 3.06. The molecule has 130 valence electrons. The summed E-state index contributed by atoms with van der Waals surface area (Å²) < 4.78 is 0. The zero-order chi connectivity index (χ0) is 17.8. The third-order valence-electron chi connectivity index (χ3n) is 4.46. The molecule has 0 aliphatic heterocycles. The SMILES string of the molecule is NCCCC(=O)c1ccc2[nH]c3ccc(C(=O)CCCN)cc3c2c1. The topological polar surface area (TPSA) is 102 Å². The van der Waals surface area contributed by atoms with Gasteiger partial charge in [0.05, 0.1) is 0 Å². The lowest BCUT2D eigenvalue weighted by Gasteiger charge is -2.02. The van der Waals surface area contributed by atoms with Crippen molar-refractivity contribution < 1.29 is 9.59 Å². The minimum Gasteiger partial charge on any atom is -0.355 e. The molecule has 0 radical (unpaired) electrons. The van der Waals surface area contributed by atoms with Gasteiger partial charge in [0.1, 0.15) is 0 Å². The summed E-state index contributed by atoms with van der Waals surface area (Å²) in [6.45, 7) is 1.02. The van der Waals surface area contributed by atoms with E-state index in [4.69, 9.17) is 11.5 Å². The highest BCUT2D eigenvalue weighted by Crippen LogP contribution is 2.28. The molecule has 3 rings (SSSR count). The van der Waals surface area contributed by atoms with Crippen LogP contribution >= 0.6 is 0 Å². The Bertz CT molecular complexity index is 853. The van der Waals surface area contributed by atoms with Crippen molar-refractivity contribution >= 4 is 33.4 Å². The second-order valence-corrected chi connectivity index (χ2v) is 6.28. The Kier molecular flexibility index (Phi) is 5.26. The van der Waals surface area contributed by atoms with Gasteiger partial charge in [-0.05, 0) is 62.3 Å². The minimum atomic E-state index is 0.0943. The van der Waals surface area contributed by atoms with E-state index < -0.39 is 0 Å². The number of hydrogen-bond donors (Lipinski definition) is 3. The Morgan fingerprint density at radius 3 is 1.60 bits per heavy atom. The summed E-state index contributed by atoms with van der Waals surface area (Å²) in [6.07, 6.45) is 2.27. The monoisotopic (exact) mass is 337 g/mol. The number of nitrogens with two attached hydrogens (primary N) is 2. The van der Waals surface area contributed by atoms with Gasteiger partial charge in [0.15, 0.2) is 11.6 Å². The van der Waals surface area contributed by atoms with Gasteiger partial charge in [0.25, 0.3) is 0 Å². The highest BCUT2D eigenvalue weighted by atomic mass is 16.1. The summed E-state index contributed by atoms with van der Waals surface area (Å²) in [5, 5.41) is 1.92. The van der Waals surface area contributed by atoms with Crippen molar-refractivity contribution in [2.24, 2.45) is 11.5 Å². The van der Waals surface area contributed by atoms with Gasteiger partial charge in [-0.25, -0.2) is 0 Å². The average molecular weight is 337 g/mol. The van der Waals surface area contributed by atoms with Crippen molar-refractivity contribution in [2.75, 3.05) is 13.1 Å². The van der Waals surface area contributed by atoms with E-state index in [0.29, 0.717) is 49.9 Å². The lowest BCUT2D eigenvalue weighted by molar-refractivity contribution is 0.0973. The van der Waals surface area contributed by atoms with Crippen molar-refractivity contribution in [2.45, 2.75) is 25.7 Å². The third kappa shape index (κ3) is 3.62. The number of aromatic nitrogens is 1. The molecule has 0 unspecified atom stereocenters. The van der Waals surface area contributed by atoms with E-state index in [2.05, 4.69) is 4.98 Å². The Balaban J connectivity index is 2.01. The van der Waals surface area contributed by atoms with Gasteiger partial charge in [0, 0.05) is 45.8 Å². The zero-order valence-corrected chi connectivity index (χ0v) is 14.2. The highest BCUT2D eigenvalue weighted by Gasteiger charge is 2.12. The summed E-state index contributed by atoms with van der Waals surface area (Å²) in [5.74, 6) is 0.189. The summed E-state index contributed by atoms with van der Waals surface area (Å²) >= 11 is 0. The molecule has 0 bridgehead atoms. The molecule has 2 aromatic carbocycles. The summed E-state index contributed by atoms with van der Waals surface area (Å²) in [5.41, 5.74) is 14.2. The van der Waals surface area contributed by atoms with Crippen LogP contribution in [0.15, 0.2) is 36.4 Å². The molecule has 5 nitrogen and oxygen atoms in total. The van der Waals surface area contributed by atoms with Crippen molar-refractivity contribution in [1.82, 2.24) is 4.98 Å². The molecule has 0 aliphatic rings. The number of fused-ring (bicyclic) bond motifs is 3. The number of carbonyl (C=O) groups is 2. The van der Waals surface area contributed by atoms with Crippen molar-refractivity contribution in [3.63, 3.8) is 0 Å². The quantitative estimate of drug-likeness (QED) is 0.549. The van der Waals surface area contributed by atoms with Crippen molar-refractivity contribution in [3.8, 4) is 0 Å². The molecule has 0 saturated carbocycles. The predicted octanol–water partition coefficient (Wildman–Crippen LogP) is 3.16. The fraction of sp³-hybridized carbons (Fsp3) is 0.300. The summed E-state index contributed by atoms with van der Waals surface area (Å²) in [7, 11) is 0. The Labute approximate surface area is 146 Å². The maximum Gasteiger partial charge on any atom is 0.162 e. The molecule has 0 saturated heterocycles. The molecule has 5 N–H and O–H groups in total. The van der Waals surface area contributed by atoms with Crippen LogP contribution < -0.4 is 11.5 Å². The normalized spacial score (nSPS) is 11.3. The smallest absolute Gasteiger partial charge is 0.162 e. The molecular weight excluding hydrogens is 314 g/mol. The molecule has 25 heavy (non-hydrogen) atoms. The number of rotatable bonds is 8. The van der Waals surface area contributed by atoms with Crippen molar-refractivity contribution in [3.05, 3.63) is 47.5 Å². The van der Waals surface area contributed by atoms with E-state index in [-0.39, 0.29) is 11.6 Å². The van der Waals surface area contributed by atoms with E-state index in [9.17, 15) is 9.59 Å². The largest absolute Gasteiger partial charge is 0.355 e. The van der Waals surface area contributed by atoms with E-state index in [0.717, 1.165) is 21.8 Å². The number of ketones is 2. The first-order valence-corrected chi connectivity index (χ1v) is 8.66. The van der Waals surface area contributed by atoms with Gasteiger partial charge in [0.2, 0.25) is 0 Å². The Morgan fingerprint density at radius 2 is 1.20 bits per heavy atom. The molecular formula is C20H23N3O2. The van der Waals surface area contributed by atoms with Crippen LogP contribution in [0.2, 0.25) is 0 Å². The van der Waals surface area contributed by atoms with Crippen LogP contribution in [0, 0.1) is 0 Å². The molecule has 1 aromatic heterocycles. The molecule has 1 heterocycles. The number of H-pyrrole nitrogens is 1. The summed E-state index contributed by atoms with van der Waals surface area (Å²) in [4.78, 5) is 27.9. The number of aromatic amines is 1. The highest BCUT2D eigenvalue weighted by molar-refractivity contribution is 6.12. The van der Waals surface area contributed by atoms with Gasteiger partial charge in [-0.1, -0.05) is 0 Å². The van der Waals surface area contributed by atoms with Gasteiger partial charge in [-0.3, -0.25) is 9.59 Å². The fourth-order valence-corrected chi connectivity index (χ4v) is 3.06. The maximum atomic E-state index is 12.3. The van der Waals surface area contributed by atoms with E-state index in [1.165, 1.54) is 0 Å². The standard InChI is InChI=1S/C20H23N3O2/c21-9-1-3-19(24)13-5-7-17-15(11-13)16-12-14(6-8-18(16)23-17)20(25)4-2-10-22/h5-8,11-12,23H,1-4,9-10,21-22H2. The van der Waals surface area contributed by atoms with E-state index >= 15 is 0 Å². The van der Waals surface area contributed by atoms with Crippen LogP contribution in [0.4, 0.5) is 0 Å². The first kappa shape index (κ1) is 17.3. The lowest BCUT2D eigenvalue weighted by Crippen LogP contribution is -2.05. The van der Waals surface area contributed by atoms with Gasteiger partial charge < -0.3 is 16.5 Å². The van der Waals surface area contributed by atoms with Gasteiger partial charge >= 0.3 is 0 Å². The van der Waals surface area contributed by atoms with Gasteiger partial charge in [-0.2, -0.15) is 0 Å². The number of benzene rings is 2. The van der Waals surface area contributed by atoms with E-state index in [1.807, 2.05) is 36.4 Å². The molecule has 3 aromatic rings. The molecule has 0 atom stereocenters. The second-order valence-electron chi connectivity index (χ2n) is 6.28. The van der Waals surface area contributed by atoms with Crippen LogP contribution in [0.5, 0.6) is 0 Å². The van der Waals surface area contributed by atoms with Crippen LogP contribution in [-0.2, 0) is 0 Å². The Hall–Kier alpha value is -2.50. The maximum absolute atomic E-state index is 12.3. The second kappa shape index (κ2) is 7.59. The van der Waals surface area contributed by atoms with Crippen molar-refractivity contribution in [1.29, 1.82) is 0 Å². The average Bonchev–Trinajstić information content (AvgIpc) is 3.01. The van der Waals surface area contributed by atoms with Gasteiger partial charge in [-0.15, -0.1) is 0 Å². The molecule has 0 amide bonds. The molecule has 0 spiro atoms. The minimum absolute atomic E-state index is 0.0943. The lowest BCUT2D eigenvalue weighted by atomic mass is 10.0. The molecule has 0 fully saturated rings. The number of nitrogens with one attached hydrogen (secondary N) is 1. The third-order valence-corrected chi connectivity index (χ3v) is 4.46. The predicted molar refractivity (Wildman–Crippen MR) is 101 cm³/mol. The first-order chi connectivity index (χ1) is 12.1. The molecule has 0 aliphatic carbocycles. The first-order valence-electron chi connectivity index (χ1n) is 8.66. The van der Waals surface area contributed by atoms with Crippen LogP contribution in [0.3, 0.4) is 0 Å². The number of hydrogen-bond acceptors (Lipinski definition) is 4. The number of carbonyl (C=O) groups excluding carboxylic acids is 2. The zero-order valence-electron chi connectivity index (χ0n) is 14.2. The number of Topliss-reactive ketones (excluding diaryl/α,β-unsaturated/α-hetero) is 2. The molecule has 5 heteroatoms. The van der Waals surface area contributed by atoms with Crippen LogP contribution in [0.1, 0.15) is 46.4 Å². The summed E-state index contributed by atoms with van der Waals surface area (Å²) in [6, 6.07) is 11.3. The van der Waals surface area contributed by atoms with E-state index in [1.54, 1.807) is 0 Å². The van der Waals surface area contributed by atoms with Crippen LogP contribution in [-0.4, -0.2) is 29.6 Å². The Morgan fingerprint density at radius 1 is 0.760 bits per heavy atom.